The van der Waals surface area contributed by atoms with Gasteiger partial charge in [0.1, 0.15) is 6.17 Å². The van der Waals surface area contributed by atoms with Crippen LogP contribution in [0.25, 0.3) is 0 Å². The number of fused-ring (bicyclic) bond motifs is 1. The summed E-state index contributed by atoms with van der Waals surface area (Å²) in [6, 6.07) is 8.52. The number of hydrogen-bond acceptors (Lipinski definition) is 3. The topological polar surface area (TPSA) is 50.1 Å². The zero-order valence-electron chi connectivity index (χ0n) is 12.5. The number of benzene rings is 2. The molecule has 3 rings (SSSR count). The predicted octanol–water partition coefficient (Wildman–Crippen LogP) is 4.59. The van der Waals surface area contributed by atoms with Crippen LogP contribution in [0.1, 0.15) is 22.7 Å². The number of hydrogen-bond donors (Lipinski definition) is 3. The van der Waals surface area contributed by atoms with Gasteiger partial charge in [-0.3, -0.25) is 0 Å². The lowest BCUT2D eigenvalue weighted by Crippen LogP contribution is -2.35. The van der Waals surface area contributed by atoms with Crippen molar-refractivity contribution in [3.05, 3.63) is 59.2 Å². The van der Waals surface area contributed by atoms with Crippen LogP contribution in [0.2, 0.25) is 0 Å². The third-order valence-electron chi connectivity index (χ3n) is 3.93. The molecule has 0 aliphatic carbocycles. The fourth-order valence-corrected chi connectivity index (χ4v) is 2.71. The Hall–Kier alpha value is -2.42. The van der Waals surface area contributed by atoms with Gasteiger partial charge in [0, 0.05) is 0 Å². The van der Waals surface area contributed by atoms with Gasteiger partial charge in [0.15, 0.2) is 0 Å². The molecule has 25 heavy (non-hydrogen) atoms. The maximum Gasteiger partial charge on any atom is 0.418 e. The zero-order chi connectivity index (χ0) is 18.4. The Balaban J connectivity index is 2.00. The monoisotopic (exact) mass is 361 g/mol. The van der Waals surface area contributed by atoms with Crippen LogP contribution in [0.15, 0.2) is 42.5 Å². The van der Waals surface area contributed by atoms with Crippen LogP contribution >= 0.6 is 0 Å². The largest absolute Gasteiger partial charge is 0.418 e. The molecule has 2 atom stereocenters. The summed E-state index contributed by atoms with van der Waals surface area (Å²) in [6.07, 6.45) is -10.7. The maximum absolute atomic E-state index is 13.2. The number of alkyl halides is 6. The first-order valence-corrected chi connectivity index (χ1v) is 7.23. The summed E-state index contributed by atoms with van der Waals surface area (Å²) in [6.45, 7) is 0. The van der Waals surface area contributed by atoms with Crippen LogP contribution < -0.4 is 16.4 Å². The molecule has 134 valence electrons. The molecule has 0 spiro atoms. The Kier molecular flexibility index (Phi) is 4.06. The summed E-state index contributed by atoms with van der Waals surface area (Å²) in [5.74, 6) is 0. The van der Waals surface area contributed by atoms with Gasteiger partial charge in [0.2, 0.25) is 0 Å². The number of nitrogens with two attached hydrogens (primary N) is 1. The minimum atomic E-state index is -4.94. The van der Waals surface area contributed by atoms with Crippen molar-refractivity contribution in [1.82, 2.24) is 0 Å². The molecule has 4 N–H and O–H groups in total. The molecule has 1 aliphatic heterocycles. The van der Waals surface area contributed by atoms with E-state index >= 15 is 0 Å². The smallest absolute Gasteiger partial charge is 0.362 e. The fraction of sp³-hybridized carbons (Fsp3) is 0.250. The minimum absolute atomic E-state index is 0.101. The molecule has 1 heterocycles. The van der Waals surface area contributed by atoms with E-state index in [9.17, 15) is 26.3 Å². The molecule has 2 aromatic rings. The minimum Gasteiger partial charge on any atom is -0.362 e. The molecule has 0 saturated heterocycles. The van der Waals surface area contributed by atoms with Crippen LogP contribution in [0.4, 0.5) is 37.7 Å². The van der Waals surface area contributed by atoms with Gasteiger partial charge in [0.05, 0.1) is 28.5 Å². The van der Waals surface area contributed by atoms with E-state index in [-0.39, 0.29) is 11.8 Å². The maximum atomic E-state index is 13.2. The third kappa shape index (κ3) is 3.37. The summed E-state index contributed by atoms with van der Waals surface area (Å²) >= 11 is 0. The van der Waals surface area contributed by atoms with Crippen molar-refractivity contribution in [1.29, 1.82) is 0 Å². The third-order valence-corrected chi connectivity index (χ3v) is 3.93. The van der Waals surface area contributed by atoms with Gasteiger partial charge in [-0.15, -0.1) is 0 Å². The molecule has 0 saturated carbocycles. The van der Waals surface area contributed by atoms with Crippen molar-refractivity contribution in [2.24, 2.45) is 5.73 Å². The molecule has 0 aromatic heterocycles. The Morgan fingerprint density at radius 3 is 2.08 bits per heavy atom. The van der Waals surface area contributed by atoms with Crippen LogP contribution in [0.5, 0.6) is 0 Å². The van der Waals surface area contributed by atoms with Gasteiger partial charge in [-0.1, -0.05) is 30.3 Å². The average Bonchev–Trinajstić information content (AvgIpc) is 2.96. The van der Waals surface area contributed by atoms with E-state index in [1.807, 2.05) is 0 Å². The summed E-state index contributed by atoms with van der Waals surface area (Å²) in [4.78, 5) is 0. The highest BCUT2D eigenvalue weighted by Crippen LogP contribution is 2.46. The Bertz CT molecular complexity index is 770. The zero-order valence-corrected chi connectivity index (χ0v) is 12.5. The summed E-state index contributed by atoms with van der Waals surface area (Å²) < 4.78 is 78.3. The first kappa shape index (κ1) is 17.4. The van der Waals surface area contributed by atoms with Crippen LogP contribution in [-0.4, -0.2) is 6.17 Å². The second-order valence-corrected chi connectivity index (χ2v) is 5.64. The Morgan fingerprint density at radius 2 is 1.52 bits per heavy atom. The highest BCUT2D eigenvalue weighted by Gasteiger charge is 2.42. The van der Waals surface area contributed by atoms with Crippen molar-refractivity contribution in [3.8, 4) is 0 Å². The molecular formula is C16H13F6N3. The van der Waals surface area contributed by atoms with Gasteiger partial charge in [-0.05, 0) is 17.7 Å². The molecule has 0 radical (unpaired) electrons. The predicted molar refractivity (Wildman–Crippen MR) is 80.8 cm³/mol. The molecule has 0 fully saturated rings. The van der Waals surface area contributed by atoms with E-state index in [0.29, 0.717) is 11.6 Å². The normalized spacial score (nSPS) is 18.3. The van der Waals surface area contributed by atoms with Crippen LogP contribution in [-0.2, 0) is 12.4 Å². The fourth-order valence-electron chi connectivity index (χ4n) is 2.71. The standard InChI is InChI=1S/C16H13F6N3/c17-15(18,19)9-6-10(16(20,21)22)13-11(7-9)24-14(25-13)12(23)8-4-2-1-3-5-8/h1-7,12,14,24-25H,23H2/t12-,14?/m1/s1. The van der Waals surface area contributed by atoms with Crippen molar-refractivity contribution in [3.63, 3.8) is 0 Å². The highest BCUT2D eigenvalue weighted by molar-refractivity contribution is 5.79. The SMILES string of the molecule is N[C@H](c1ccccc1)C1Nc2cc(C(F)(F)F)cc(C(F)(F)F)c2N1. The van der Waals surface area contributed by atoms with Crippen LogP contribution in [0.3, 0.4) is 0 Å². The first-order chi connectivity index (χ1) is 11.6. The molecule has 9 heteroatoms. The molecular weight excluding hydrogens is 348 g/mol. The number of nitrogens with one attached hydrogen (secondary N) is 2. The molecule has 0 bridgehead atoms. The van der Waals surface area contributed by atoms with E-state index in [4.69, 9.17) is 5.73 Å². The quantitative estimate of drug-likeness (QED) is 0.686. The van der Waals surface area contributed by atoms with Gasteiger partial charge < -0.3 is 16.4 Å². The molecule has 1 unspecified atom stereocenters. The Labute approximate surface area is 138 Å². The van der Waals surface area contributed by atoms with Crippen molar-refractivity contribution < 1.29 is 26.3 Å². The molecule has 2 aromatic carbocycles. The second kappa shape index (κ2) is 5.83. The van der Waals surface area contributed by atoms with E-state index in [1.54, 1.807) is 30.3 Å². The van der Waals surface area contributed by atoms with Gasteiger partial charge in [-0.2, -0.15) is 26.3 Å². The van der Waals surface area contributed by atoms with E-state index in [2.05, 4.69) is 10.6 Å². The Morgan fingerprint density at radius 1 is 0.880 bits per heavy atom. The number of halogens is 6. The van der Waals surface area contributed by atoms with E-state index in [0.717, 1.165) is 0 Å². The van der Waals surface area contributed by atoms with Crippen molar-refractivity contribution in [2.75, 3.05) is 10.6 Å². The second-order valence-electron chi connectivity index (χ2n) is 5.64. The molecule has 0 amide bonds. The highest BCUT2D eigenvalue weighted by atomic mass is 19.4. The summed E-state index contributed by atoms with van der Waals surface area (Å²) in [5, 5.41) is 5.18. The van der Waals surface area contributed by atoms with Crippen molar-refractivity contribution >= 4 is 11.4 Å². The van der Waals surface area contributed by atoms with E-state index in [1.165, 1.54) is 0 Å². The van der Waals surface area contributed by atoms with Crippen LogP contribution in [0, 0.1) is 0 Å². The van der Waals surface area contributed by atoms with E-state index < -0.39 is 41.4 Å². The number of rotatable bonds is 2. The lowest BCUT2D eigenvalue weighted by Gasteiger charge is -2.21. The van der Waals surface area contributed by atoms with Gasteiger partial charge in [-0.25, -0.2) is 0 Å². The lowest BCUT2D eigenvalue weighted by molar-refractivity contribution is -0.142. The number of anilines is 2. The molecule has 3 nitrogen and oxygen atoms in total. The molecule has 1 aliphatic rings. The summed E-state index contributed by atoms with van der Waals surface area (Å²) in [7, 11) is 0. The first-order valence-electron chi connectivity index (χ1n) is 7.23. The van der Waals surface area contributed by atoms with Gasteiger partial charge >= 0.3 is 12.4 Å². The lowest BCUT2D eigenvalue weighted by atomic mass is 10.1. The van der Waals surface area contributed by atoms with Crippen molar-refractivity contribution in [2.45, 2.75) is 24.6 Å². The van der Waals surface area contributed by atoms with Gasteiger partial charge in [0.25, 0.3) is 0 Å². The average molecular weight is 361 g/mol. The summed E-state index contributed by atoms with van der Waals surface area (Å²) in [5.41, 5.74) is 3.20.